The summed E-state index contributed by atoms with van der Waals surface area (Å²) >= 11 is 1.30. The van der Waals surface area contributed by atoms with Crippen molar-refractivity contribution in [2.24, 2.45) is 0 Å². The maximum absolute atomic E-state index is 12.1. The lowest BCUT2D eigenvalue weighted by Crippen LogP contribution is -2.25. The first-order valence-electron chi connectivity index (χ1n) is 8.43. The SMILES string of the molecule is O=C(CSc1n[nH]c(C2CC2)n1)Nc1cccc(C(=O)NC2CC2)c1. The molecule has 1 aromatic carbocycles. The van der Waals surface area contributed by atoms with E-state index in [4.69, 9.17) is 0 Å². The van der Waals surface area contributed by atoms with Gasteiger partial charge in [-0.3, -0.25) is 14.7 Å². The number of carbonyl (C=O) groups is 2. The van der Waals surface area contributed by atoms with Crippen LogP contribution in [0.2, 0.25) is 0 Å². The molecule has 0 spiro atoms. The number of rotatable bonds is 7. The summed E-state index contributed by atoms with van der Waals surface area (Å²) < 4.78 is 0. The molecule has 1 aromatic heterocycles. The number of nitrogens with zero attached hydrogens (tertiary/aromatic N) is 2. The molecule has 3 N–H and O–H groups in total. The second-order valence-electron chi connectivity index (χ2n) is 6.44. The van der Waals surface area contributed by atoms with E-state index in [-0.39, 0.29) is 17.6 Å². The Morgan fingerprint density at radius 2 is 2.08 bits per heavy atom. The molecule has 1 heterocycles. The smallest absolute Gasteiger partial charge is 0.251 e. The molecule has 2 aliphatic rings. The second kappa shape index (κ2) is 6.87. The number of H-pyrrole nitrogens is 1. The Kier molecular flexibility index (Phi) is 4.44. The van der Waals surface area contributed by atoms with Crippen LogP contribution in [-0.2, 0) is 4.79 Å². The van der Waals surface area contributed by atoms with Gasteiger partial charge >= 0.3 is 0 Å². The van der Waals surface area contributed by atoms with E-state index in [1.165, 1.54) is 11.8 Å². The molecular weight excluding hydrogens is 338 g/mol. The van der Waals surface area contributed by atoms with E-state index in [0.717, 1.165) is 31.5 Å². The minimum Gasteiger partial charge on any atom is -0.349 e. The zero-order chi connectivity index (χ0) is 17.2. The first-order chi connectivity index (χ1) is 12.2. The highest BCUT2D eigenvalue weighted by molar-refractivity contribution is 7.99. The third kappa shape index (κ3) is 4.39. The van der Waals surface area contributed by atoms with Crippen LogP contribution in [0.25, 0.3) is 0 Å². The number of aromatic amines is 1. The van der Waals surface area contributed by atoms with Crippen molar-refractivity contribution in [1.82, 2.24) is 20.5 Å². The van der Waals surface area contributed by atoms with Crippen molar-refractivity contribution in [2.45, 2.75) is 42.8 Å². The van der Waals surface area contributed by atoms with Crippen molar-refractivity contribution in [1.29, 1.82) is 0 Å². The molecule has 0 radical (unpaired) electrons. The Hall–Kier alpha value is -2.35. The lowest BCUT2D eigenvalue weighted by molar-refractivity contribution is -0.113. The van der Waals surface area contributed by atoms with Crippen molar-refractivity contribution >= 4 is 29.3 Å². The van der Waals surface area contributed by atoms with E-state index in [1.807, 2.05) is 0 Å². The first kappa shape index (κ1) is 16.1. The van der Waals surface area contributed by atoms with Gasteiger partial charge in [-0.2, -0.15) is 0 Å². The molecule has 0 atom stereocenters. The van der Waals surface area contributed by atoms with Gasteiger partial charge in [0.1, 0.15) is 5.82 Å². The van der Waals surface area contributed by atoms with Crippen LogP contribution in [0.1, 0.15) is 47.8 Å². The topological polar surface area (TPSA) is 99.8 Å². The molecule has 2 aliphatic carbocycles. The average Bonchev–Trinajstić information content (AvgIpc) is 3.54. The molecule has 130 valence electrons. The number of carbonyl (C=O) groups excluding carboxylic acids is 2. The van der Waals surface area contributed by atoms with Crippen LogP contribution >= 0.6 is 11.8 Å². The van der Waals surface area contributed by atoms with E-state index in [1.54, 1.807) is 24.3 Å². The summed E-state index contributed by atoms with van der Waals surface area (Å²) in [5.74, 6) is 1.40. The number of aromatic nitrogens is 3. The third-order valence-corrected chi connectivity index (χ3v) is 4.95. The number of benzene rings is 1. The summed E-state index contributed by atoms with van der Waals surface area (Å²) in [5.41, 5.74) is 1.17. The molecule has 2 aromatic rings. The minimum atomic E-state index is -0.150. The van der Waals surface area contributed by atoms with Crippen LogP contribution < -0.4 is 10.6 Å². The zero-order valence-corrected chi connectivity index (χ0v) is 14.4. The molecule has 25 heavy (non-hydrogen) atoms. The zero-order valence-electron chi connectivity index (χ0n) is 13.6. The van der Waals surface area contributed by atoms with Crippen LogP contribution in [0.5, 0.6) is 0 Å². The Balaban J connectivity index is 1.29. The van der Waals surface area contributed by atoms with Gasteiger partial charge in [-0.05, 0) is 43.9 Å². The maximum atomic E-state index is 12.1. The van der Waals surface area contributed by atoms with Crippen molar-refractivity contribution < 1.29 is 9.59 Å². The maximum Gasteiger partial charge on any atom is 0.251 e. The summed E-state index contributed by atoms with van der Waals surface area (Å²) in [6.45, 7) is 0. The number of thioether (sulfide) groups is 1. The fraction of sp³-hybridized carbons (Fsp3) is 0.412. The molecule has 0 saturated heterocycles. The highest BCUT2D eigenvalue weighted by atomic mass is 32.2. The van der Waals surface area contributed by atoms with Crippen LogP contribution in [0.3, 0.4) is 0 Å². The minimum absolute atomic E-state index is 0.0960. The second-order valence-corrected chi connectivity index (χ2v) is 7.39. The highest BCUT2D eigenvalue weighted by Gasteiger charge is 2.27. The van der Waals surface area contributed by atoms with Crippen molar-refractivity contribution in [3.8, 4) is 0 Å². The first-order valence-corrected chi connectivity index (χ1v) is 9.42. The van der Waals surface area contributed by atoms with Gasteiger partial charge in [-0.25, -0.2) is 4.98 Å². The summed E-state index contributed by atoms with van der Waals surface area (Å²) in [6, 6.07) is 7.29. The van der Waals surface area contributed by atoms with Crippen LogP contribution in [0, 0.1) is 0 Å². The van der Waals surface area contributed by atoms with Gasteiger partial charge in [-0.1, -0.05) is 17.8 Å². The molecule has 0 bridgehead atoms. The Morgan fingerprint density at radius 1 is 1.24 bits per heavy atom. The molecule has 2 fully saturated rings. The fourth-order valence-corrected chi connectivity index (χ4v) is 3.03. The summed E-state index contributed by atoms with van der Waals surface area (Å²) in [4.78, 5) is 28.6. The Labute approximate surface area is 149 Å². The van der Waals surface area contributed by atoms with Crippen molar-refractivity contribution in [3.05, 3.63) is 35.7 Å². The van der Waals surface area contributed by atoms with Gasteiger partial charge in [0.05, 0.1) is 5.75 Å². The van der Waals surface area contributed by atoms with E-state index < -0.39 is 0 Å². The quantitative estimate of drug-likeness (QED) is 0.660. The lowest BCUT2D eigenvalue weighted by Gasteiger charge is -2.07. The number of anilines is 1. The number of hydrogen-bond acceptors (Lipinski definition) is 5. The van der Waals surface area contributed by atoms with E-state index in [0.29, 0.717) is 28.4 Å². The van der Waals surface area contributed by atoms with E-state index in [2.05, 4.69) is 25.8 Å². The monoisotopic (exact) mass is 357 g/mol. The van der Waals surface area contributed by atoms with Gasteiger partial charge in [0, 0.05) is 23.2 Å². The molecule has 4 rings (SSSR count). The molecule has 2 saturated carbocycles. The molecule has 7 nitrogen and oxygen atoms in total. The van der Waals surface area contributed by atoms with E-state index >= 15 is 0 Å². The average molecular weight is 357 g/mol. The molecule has 2 amide bonds. The van der Waals surface area contributed by atoms with Gasteiger partial charge in [0.25, 0.3) is 5.91 Å². The Morgan fingerprint density at radius 3 is 2.84 bits per heavy atom. The fourth-order valence-electron chi connectivity index (χ4n) is 2.42. The normalized spacial score (nSPS) is 16.5. The number of hydrogen-bond donors (Lipinski definition) is 3. The summed E-state index contributed by atoms with van der Waals surface area (Å²) in [7, 11) is 0. The Bertz CT molecular complexity index is 798. The van der Waals surface area contributed by atoms with Crippen LogP contribution in [-0.4, -0.2) is 38.8 Å². The molecule has 0 aliphatic heterocycles. The highest BCUT2D eigenvalue weighted by Crippen LogP contribution is 2.38. The molecular formula is C17H19N5O2S. The standard InChI is InChI=1S/C17H19N5O2S/c23-14(9-25-17-20-15(21-22-17)10-4-5-10)18-13-3-1-2-11(8-13)16(24)19-12-6-7-12/h1-3,8,10,12H,4-7,9H2,(H,18,23)(H,19,24)(H,20,21,22). The van der Waals surface area contributed by atoms with Gasteiger partial charge in [0.15, 0.2) is 0 Å². The number of amides is 2. The summed E-state index contributed by atoms with van der Waals surface area (Å²) in [6.07, 6.45) is 4.40. The third-order valence-electron chi connectivity index (χ3n) is 4.10. The van der Waals surface area contributed by atoms with E-state index in [9.17, 15) is 9.59 Å². The van der Waals surface area contributed by atoms with Crippen LogP contribution in [0.15, 0.2) is 29.4 Å². The summed E-state index contributed by atoms with van der Waals surface area (Å²) in [5, 5.41) is 13.4. The molecule has 8 heteroatoms. The van der Waals surface area contributed by atoms with Crippen molar-refractivity contribution in [2.75, 3.05) is 11.1 Å². The largest absolute Gasteiger partial charge is 0.349 e. The van der Waals surface area contributed by atoms with Crippen LogP contribution in [0.4, 0.5) is 5.69 Å². The predicted octanol–water partition coefficient (Wildman–Crippen LogP) is 2.31. The number of nitrogens with one attached hydrogen (secondary N) is 3. The van der Waals surface area contributed by atoms with Crippen molar-refractivity contribution in [3.63, 3.8) is 0 Å². The predicted molar refractivity (Wildman–Crippen MR) is 94.6 cm³/mol. The lowest BCUT2D eigenvalue weighted by atomic mass is 10.2. The van der Waals surface area contributed by atoms with Gasteiger partial charge in [0.2, 0.25) is 11.1 Å². The molecule has 0 unspecified atom stereocenters. The van der Waals surface area contributed by atoms with Gasteiger partial charge < -0.3 is 10.6 Å². The van der Waals surface area contributed by atoms with Gasteiger partial charge in [-0.15, -0.1) is 5.10 Å².